The highest BCUT2D eigenvalue weighted by molar-refractivity contribution is 5.98. The third-order valence-corrected chi connectivity index (χ3v) is 6.90. The summed E-state index contributed by atoms with van der Waals surface area (Å²) < 4.78 is 6.18. The van der Waals surface area contributed by atoms with E-state index in [9.17, 15) is 14.4 Å². The lowest BCUT2D eigenvalue weighted by Crippen LogP contribution is -2.56. The van der Waals surface area contributed by atoms with Gasteiger partial charge in [0, 0.05) is 31.8 Å². The van der Waals surface area contributed by atoms with E-state index in [1.807, 2.05) is 6.07 Å². The van der Waals surface area contributed by atoms with Crippen molar-refractivity contribution < 1.29 is 19.1 Å². The first kappa shape index (κ1) is 21.7. The molecule has 168 valence electrons. The SMILES string of the molecule is C[C@H](C(=O)NC1CCCCCCC1)N1CC[C@]2(CCC1=O)NC(=O)c1ccccc1O2. The van der Waals surface area contributed by atoms with Gasteiger partial charge in [-0.1, -0.05) is 44.2 Å². The second kappa shape index (κ2) is 9.28. The molecule has 2 N–H and O–H groups in total. The zero-order valence-electron chi connectivity index (χ0n) is 18.3. The van der Waals surface area contributed by atoms with Gasteiger partial charge in [-0.25, -0.2) is 0 Å². The van der Waals surface area contributed by atoms with Gasteiger partial charge in [0.1, 0.15) is 11.8 Å². The number of hydrogen-bond donors (Lipinski definition) is 2. The van der Waals surface area contributed by atoms with Crippen LogP contribution in [0.15, 0.2) is 24.3 Å². The molecule has 3 amide bonds. The molecule has 2 fully saturated rings. The molecule has 0 bridgehead atoms. The van der Waals surface area contributed by atoms with Crippen molar-refractivity contribution >= 4 is 17.7 Å². The largest absolute Gasteiger partial charge is 0.467 e. The number of benzene rings is 1. The first-order valence-corrected chi connectivity index (χ1v) is 11.7. The molecule has 1 aliphatic carbocycles. The number of likely N-dealkylation sites (tertiary alicyclic amines) is 1. The number of ether oxygens (including phenoxy) is 1. The smallest absolute Gasteiger partial charge is 0.258 e. The summed E-state index contributed by atoms with van der Waals surface area (Å²) in [5.74, 6) is 0.197. The van der Waals surface area contributed by atoms with Crippen molar-refractivity contribution in [3.8, 4) is 5.75 Å². The molecule has 7 heteroatoms. The number of hydrogen-bond acceptors (Lipinski definition) is 4. The van der Waals surface area contributed by atoms with Crippen LogP contribution in [-0.4, -0.2) is 47.0 Å². The second-order valence-corrected chi connectivity index (χ2v) is 9.11. The first-order valence-electron chi connectivity index (χ1n) is 11.7. The van der Waals surface area contributed by atoms with E-state index in [-0.39, 0.29) is 30.2 Å². The van der Waals surface area contributed by atoms with Crippen LogP contribution in [0.3, 0.4) is 0 Å². The fraction of sp³-hybridized carbons (Fsp3) is 0.625. The minimum Gasteiger partial charge on any atom is -0.467 e. The molecule has 2 aliphatic heterocycles. The normalized spacial score (nSPS) is 26.0. The van der Waals surface area contributed by atoms with Crippen molar-refractivity contribution in [3.63, 3.8) is 0 Å². The maximum atomic E-state index is 12.9. The Balaban J connectivity index is 1.41. The third kappa shape index (κ3) is 4.86. The molecule has 1 spiro atoms. The van der Waals surface area contributed by atoms with E-state index in [0.717, 1.165) is 25.7 Å². The van der Waals surface area contributed by atoms with Gasteiger partial charge in [0.05, 0.1) is 5.56 Å². The maximum absolute atomic E-state index is 12.9. The molecular formula is C24H33N3O4. The number of carbonyl (C=O) groups is 3. The summed E-state index contributed by atoms with van der Waals surface area (Å²) in [6, 6.07) is 6.80. The lowest BCUT2D eigenvalue weighted by molar-refractivity contribution is -0.139. The van der Waals surface area contributed by atoms with Crippen molar-refractivity contribution in [2.75, 3.05) is 6.54 Å². The van der Waals surface area contributed by atoms with Crippen LogP contribution in [-0.2, 0) is 9.59 Å². The summed E-state index contributed by atoms with van der Waals surface area (Å²) >= 11 is 0. The predicted molar refractivity (Wildman–Crippen MR) is 117 cm³/mol. The number of nitrogens with one attached hydrogen (secondary N) is 2. The Kier molecular flexibility index (Phi) is 6.49. The van der Waals surface area contributed by atoms with Crippen LogP contribution in [0.5, 0.6) is 5.75 Å². The molecule has 0 aromatic heterocycles. The molecule has 2 atom stereocenters. The Morgan fingerprint density at radius 2 is 1.84 bits per heavy atom. The van der Waals surface area contributed by atoms with Gasteiger partial charge in [-0.2, -0.15) is 0 Å². The predicted octanol–water partition coefficient (Wildman–Crippen LogP) is 3.14. The van der Waals surface area contributed by atoms with Crippen LogP contribution in [0.4, 0.5) is 0 Å². The van der Waals surface area contributed by atoms with Crippen LogP contribution in [0.1, 0.15) is 81.5 Å². The fourth-order valence-electron chi connectivity index (χ4n) is 4.96. The Morgan fingerprint density at radius 1 is 1.13 bits per heavy atom. The van der Waals surface area contributed by atoms with E-state index in [1.54, 1.807) is 30.0 Å². The molecule has 0 radical (unpaired) electrons. The summed E-state index contributed by atoms with van der Waals surface area (Å²) in [5.41, 5.74) is -0.404. The van der Waals surface area contributed by atoms with Gasteiger partial charge < -0.3 is 20.3 Å². The molecule has 1 aromatic carbocycles. The van der Waals surface area contributed by atoms with Gasteiger partial charge in [-0.05, 0) is 31.9 Å². The molecule has 1 aromatic rings. The molecule has 4 rings (SSSR count). The van der Waals surface area contributed by atoms with Gasteiger partial charge in [0.2, 0.25) is 11.8 Å². The van der Waals surface area contributed by atoms with E-state index in [0.29, 0.717) is 30.7 Å². The van der Waals surface area contributed by atoms with Crippen LogP contribution in [0, 0.1) is 0 Å². The minimum atomic E-state index is -0.911. The topological polar surface area (TPSA) is 87.7 Å². The van der Waals surface area contributed by atoms with E-state index >= 15 is 0 Å². The Morgan fingerprint density at radius 3 is 2.61 bits per heavy atom. The maximum Gasteiger partial charge on any atom is 0.258 e. The molecule has 7 nitrogen and oxygen atoms in total. The number of para-hydroxylation sites is 1. The van der Waals surface area contributed by atoms with Gasteiger partial charge in [0.25, 0.3) is 5.91 Å². The van der Waals surface area contributed by atoms with Crippen LogP contribution >= 0.6 is 0 Å². The molecule has 31 heavy (non-hydrogen) atoms. The molecular weight excluding hydrogens is 394 g/mol. The summed E-state index contributed by atoms with van der Waals surface area (Å²) in [6.07, 6.45) is 9.09. The summed E-state index contributed by atoms with van der Waals surface area (Å²) in [4.78, 5) is 40.1. The van der Waals surface area contributed by atoms with Gasteiger partial charge in [0.15, 0.2) is 5.72 Å². The van der Waals surface area contributed by atoms with Crippen molar-refractivity contribution in [3.05, 3.63) is 29.8 Å². The van der Waals surface area contributed by atoms with E-state index in [2.05, 4.69) is 10.6 Å². The zero-order chi connectivity index (χ0) is 21.8. The number of nitrogens with zero attached hydrogens (tertiary/aromatic N) is 1. The average Bonchev–Trinajstić information content (AvgIpc) is 2.88. The van der Waals surface area contributed by atoms with E-state index < -0.39 is 11.8 Å². The van der Waals surface area contributed by atoms with E-state index in [1.165, 1.54) is 19.3 Å². The molecule has 3 aliphatic rings. The van der Waals surface area contributed by atoms with Crippen molar-refractivity contribution in [2.24, 2.45) is 0 Å². The van der Waals surface area contributed by atoms with E-state index in [4.69, 9.17) is 4.74 Å². The highest BCUT2D eigenvalue weighted by atomic mass is 16.5. The van der Waals surface area contributed by atoms with Crippen LogP contribution in [0.2, 0.25) is 0 Å². The standard InChI is InChI=1S/C24H33N3O4/c1-17(22(29)25-18-9-5-3-2-4-6-10-18)27-16-15-24(14-13-21(27)28)26-23(30)19-11-7-8-12-20(19)31-24/h7-8,11-12,17-18H,2-6,9-10,13-16H2,1H3,(H,25,29)(H,26,30)/t17-,24-/m1/s1. The summed E-state index contributed by atoms with van der Waals surface area (Å²) in [6.45, 7) is 2.16. The first-order chi connectivity index (χ1) is 15.0. The third-order valence-electron chi connectivity index (χ3n) is 6.90. The minimum absolute atomic E-state index is 0.0751. The van der Waals surface area contributed by atoms with Gasteiger partial charge >= 0.3 is 0 Å². The number of amides is 3. The Hall–Kier alpha value is -2.57. The van der Waals surface area contributed by atoms with Gasteiger partial charge in [-0.15, -0.1) is 0 Å². The van der Waals surface area contributed by atoms with Crippen molar-refractivity contribution in [1.82, 2.24) is 15.5 Å². The highest BCUT2D eigenvalue weighted by Gasteiger charge is 2.43. The number of carbonyl (C=O) groups excluding carboxylic acids is 3. The van der Waals surface area contributed by atoms with Crippen molar-refractivity contribution in [2.45, 2.75) is 88.9 Å². The average molecular weight is 428 g/mol. The van der Waals surface area contributed by atoms with Crippen molar-refractivity contribution in [1.29, 1.82) is 0 Å². The number of rotatable bonds is 3. The van der Waals surface area contributed by atoms with Crippen LogP contribution in [0.25, 0.3) is 0 Å². The second-order valence-electron chi connectivity index (χ2n) is 9.11. The van der Waals surface area contributed by atoms with Crippen LogP contribution < -0.4 is 15.4 Å². The van der Waals surface area contributed by atoms with Gasteiger partial charge in [-0.3, -0.25) is 14.4 Å². The molecule has 1 saturated carbocycles. The zero-order valence-corrected chi connectivity index (χ0v) is 18.3. The Bertz CT molecular complexity index is 834. The molecule has 2 heterocycles. The molecule has 1 saturated heterocycles. The Labute approximate surface area is 183 Å². The lowest BCUT2D eigenvalue weighted by atomic mass is 9.96. The lowest BCUT2D eigenvalue weighted by Gasteiger charge is -2.38. The highest BCUT2D eigenvalue weighted by Crippen LogP contribution is 2.34. The summed E-state index contributed by atoms with van der Waals surface area (Å²) in [5, 5.41) is 6.16. The number of fused-ring (bicyclic) bond motifs is 1. The summed E-state index contributed by atoms with van der Waals surface area (Å²) in [7, 11) is 0. The quantitative estimate of drug-likeness (QED) is 0.776. The fourth-order valence-corrected chi connectivity index (χ4v) is 4.96. The molecule has 0 unspecified atom stereocenters. The monoisotopic (exact) mass is 427 g/mol.